The van der Waals surface area contributed by atoms with Crippen LogP contribution in [0, 0.1) is 17.3 Å². The number of piperazine rings is 1. The maximum atomic E-state index is 18.1. The fraction of sp³-hybridized carbons (Fsp3) is 0.537. The molecule has 4 aliphatic heterocycles. The Labute approximate surface area is 403 Å². The number of halogens is 1. The standard InChI is InChI=1S/C54H70FN7O5Si/c1-32(2)68(33(3)4,34(5)6)21-20-37-16-15-17-38-22-39(57-50(63)66-52(9,10)11)23-42(44(37)38)46-45(55)47-43(26-56-46)48(60-29-40-18-19-41(30-60)62(40)51(64)67-53(12,13)14)59-49(58-47)65-31-54-24-35(7)27-61(54)28-36(8)25-54/h15-17,22-23,26,32-34,40-41H,7-8,18-19,24-25,27-31H2,1-6,9-14H3,(H,57,63). The molecule has 0 aliphatic carbocycles. The summed E-state index contributed by atoms with van der Waals surface area (Å²) in [4.78, 5) is 47.9. The summed E-state index contributed by atoms with van der Waals surface area (Å²) in [7, 11) is -2.19. The second kappa shape index (κ2) is 18.1. The number of benzene rings is 2. The predicted octanol–water partition coefficient (Wildman–Crippen LogP) is 11.8. The van der Waals surface area contributed by atoms with Gasteiger partial charge in [0.05, 0.1) is 23.0 Å². The highest BCUT2D eigenvalue weighted by Gasteiger charge is 2.49. The minimum Gasteiger partial charge on any atom is -0.461 e. The highest BCUT2D eigenvalue weighted by Crippen LogP contribution is 2.45. The zero-order chi connectivity index (χ0) is 49.2. The van der Waals surface area contributed by atoms with Crippen molar-refractivity contribution < 1.29 is 28.2 Å². The molecule has 8 rings (SSSR count). The molecule has 2 aromatic heterocycles. The molecule has 12 nitrogen and oxygen atoms in total. The molecule has 2 aromatic carbocycles. The Bertz CT molecular complexity index is 2690. The monoisotopic (exact) mass is 944 g/mol. The Morgan fingerprint density at radius 1 is 0.912 bits per heavy atom. The minimum atomic E-state index is -2.19. The van der Waals surface area contributed by atoms with Crippen molar-refractivity contribution in [3.05, 3.63) is 72.2 Å². The van der Waals surface area contributed by atoms with E-state index in [4.69, 9.17) is 29.2 Å². The van der Waals surface area contributed by atoms with Crippen molar-refractivity contribution in [1.82, 2.24) is 24.8 Å². The second-order valence-corrected chi connectivity index (χ2v) is 28.2. The number of rotatable bonds is 9. The quantitative estimate of drug-likeness (QED) is 0.0986. The molecule has 0 radical (unpaired) electrons. The summed E-state index contributed by atoms with van der Waals surface area (Å²) in [6.45, 7) is 36.0. The van der Waals surface area contributed by atoms with Gasteiger partial charge in [0.15, 0.2) is 5.82 Å². The first-order valence-electron chi connectivity index (χ1n) is 24.3. The molecular weight excluding hydrogens is 874 g/mol. The highest BCUT2D eigenvalue weighted by atomic mass is 28.3. The first-order valence-corrected chi connectivity index (χ1v) is 26.5. The molecule has 2 amide bonds. The number of hydrogen-bond donors (Lipinski definition) is 1. The summed E-state index contributed by atoms with van der Waals surface area (Å²) in [6, 6.07) is 9.25. The van der Waals surface area contributed by atoms with Crippen LogP contribution in [0.15, 0.2) is 60.8 Å². The fourth-order valence-corrected chi connectivity index (χ4v) is 16.9. The Kier molecular flexibility index (Phi) is 13.0. The van der Waals surface area contributed by atoms with Crippen LogP contribution in [-0.2, 0) is 9.47 Å². The van der Waals surface area contributed by atoms with Crippen LogP contribution in [0.3, 0.4) is 0 Å². The van der Waals surface area contributed by atoms with Crippen LogP contribution in [0.5, 0.6) is 6.01 Å². The van der Waals surface area contributed by atoms with Crippen LogP contribution in [0.1, 0.15) is 114 Å². The predicted molar refractivity (Wildman–Crippen MR) is 272 cm³/mol. The van der Waals surface area contributed by atoms with Crippen LogP contribution in [0.4, 0.5) is 25.5 Å². The first kappa shape index (κ1) is 48.9. The summed E-state index contributed by atoms with van der Waals surface area (Å²) in [5.74, 6) is 3.46. The number of amides is 2. The lowest BCUT2D eigenvalue weighted by molar-refractivity contribution is 0.0122. The molecule has 2 unspecified atom stereocenters. The third-order valence-corrected chi connectivity index (χ3v) is 20.6. The number of carbonyl (C=O) groups excluding carboxylic acids is 2. The number of nitrogens with one attached hydrogen (secondary N) is 1. The van der Waals surface area contributed by atoms with Gasteiger partial charge in [0.25, 0.3) is 0 Å². The van der Waals surface area contributed by atoms with E-state index >= 15 is 4.39 Å². The van der Waals surface area contributed by atoms with E-state index in [1.54, 1.807) is 33.0 Å². The van der Waals surface area contributed by atoms with Crippen LogP contribution in [0.25, 0.3) is 32.9 Å². The summed E-state index contributed by atoms with van der Waals surface area (Å²) in [5, 5.41) is 4.77. The van der Waals surface area contributed by atoms with Crippen molar-refractivity contribution in [3.63, 3.8) is 0 Å². The van der Waals surface area contributed by atoms with Crippen LogP contribution >= 0.6 is 0 Å². The van der Waals surface area contributed by atoms with Gasteiger partial charge >= 0.3 is 18.2 Å². The molecule has 2 bridgehead atoms. The molecule has 1 N–H and O–H groups in total. The molecule has 4 saturated heterocycles. The topological polar surface area (TPSA) is 122 Å². The summed E-state index contributed by atoms with van der Waals surface area (Å²) in [6.07, 6.45) is 3.79. The smallest absolute Gasteiger partial charge is 0.412 e. The lowest BCUT2D eigenvalue weighted by atomic mass is 9.92. The molecule has 68 heavy (non-hydrogen) atoms. The first-order chi connectivity index (χ1) is 31.9. The van der Waals surface area contributed by atoms with E-state index in [2.05, 4.69) is 81.3 Å². The number of carbonyl (C=O) groups is 2. The molecule has 14 heteroatoms. The summed E-state index contributed by atoms with van der Waals surface area (Å²) >= 11 is 0. The maximum absolute atomic E-state index is 18.1. The van der Waals surface area contributed by atoms with E-state index in [9.17, 15) is 9.59 Å². The van der Waals surface area contributed by atoms with E-state index in [-0.39, 0.29) is 47.5 Å². The lowest BCUT2D eigenvalue weighted by Gasteiger charge is -2.42. The molecule has 6 heterocycles. The number of nitrogens with zero attached hydrogens (tertiary/aromatic N) is 6. The number of ether oxygens (including phenoxy) is 3. The summed E-state index contributed by atoms with van der Waals surface area (Å²) in [5.41, 5.74) is 7.30. The van der Waals surface area contributed by atoms with Gasteiger partial charge < -0.3 is 19.1 Å². The fourth-order valence-electron chi connectivity index (χ4n) is 11.7. The third kappa shape index (κ3) is 9.45. The van der Waals surface area contributed by atoms with Crippen molar-refractivity contribution in [2.75, 3.05) is 43.0 Å². The number of aromatic nitrogens is 3. The largest absolute Gasteiger partial charge is 0.461 e. The van der Waals surface area contributed by atoms with Crippen molar-refractivity contribution in [2.45, 2.75) is 154 Å². The van der Waals surface area contributed by atoms with Gasteiger partial charge in [-0.2, -0.15) is 9.97 Å². The lowest BCUT2D eigenvalue weighted by Crippen LogP contribution is -2.57. The van der Waals surface area contributed by atoms with Crippen molar-refractivity contribution in [2.24, 2.45) is 0 Å². The van der Waals surface area contributed by atoms with Gasteiger partial charge in [-0.15, -0.1) is 5.54 Å². The Morgan fingerprint density at radius 2 is 1.53 bits per heavy atom. The molecule has 4 aliphatic rings. The normalized spacial score (nSPS) is 19.6. The van der Waals surface area contributed by atoms with E-state index in [0.29, 0.717) is 57.6 Å². The van der Waals surface area contributed by atoms with Gasteiger partial charge in [0.1, 0.15) is 42.9 Å². The van der Waals surface area contributed by atoms with Crippen LogP contribution in [-0.4, -0.2) is 107 Å². The average Bonchev–Trinajstić information content (AvgIpc) is 3.80. The molecule has 4 aromatic rings. The Balaban J connectivity index is 1.29. The Hall–Kier alpha value is -5.52. The average molecular weight is 944 g/mol. The molecule has 2 atom stereocenters. The van der Waals surface area contributed by atoms with Crippen LogP contribution in [0.2, 0.25) is 16.6 Å². The molecule has 0 spiro atoms. The minimum absolute atomic E-state index is 0.0408. The number of pyridine rings is 1. The van der Waals surface area contributed by atoms with E-state index in [1.807, 2.05) is 49.9 Å². The van der Waals surface area contributed by atoms with Crippen molar-refractivity contribution >= 4 is 53.4 Å². The van der Waals surface area contributed by atoms with Crippen molar-refractivity contribution in [3.8, 4) is 28.7 Å². The zero-order valence-corrected chi connectivity index (χ0v) is 43.2. The third-order valence-electron chi connectivity index (χ3n) is 14.3. The van der Waals surface area contributed by atoms with Gasteiger partial charge in [-0.05, 0) is 107 Å². The molecule has 4 fully saturated rings. The second-order valence-electron chi connectivity index (χ2n) is 22.6. The Morgan fingerprint density at radius 3 is 2.12 bits per heavy atom. The molecule has 0 saturated carbocycles. The summed E-state index contributed by atoms with van der Waals surface area (Å²) < 4.78 is 36.2. The number of fused-ring (bicyclic) bond motifs is 5. The highest BCUT2D eigenvalue weighted by molar-refractivity contribution is 6.90. The van der Waals surface area contributed by atoms with E-state index in [1.165, 1.54) is 0 Å². The molecule has 362 valence electrons. The van der Waals surface area contributed by atoms with Gasteiger partial charge in [-0.1, -0.05) is 83.9 Å². The van der Waals surface area contributed by atoms with Gasteiger partial charge in [0.2, 0.25) is 0 Å². The van der Waals surface area contributed by atoms with Crippen LogP contribution < -0.4 is 15.0 Å². The van der Waals surface area contributed by atoms with Gasteiger partial charge in [-0.3, -0.25) is 20.1 Å². The SMILES string of the molecule is C=C1CN2CC(=C)CC2(COc2nc(N3CC4CCC(C3)N4C(=O)OC(C)(C)C)c3cnc(-c4cc(NC(=O)OC(C)(C)C)cc5cccc(C#C[Si](C(C)C)(C(C)C)C(C)C)c45)c(F)c3n2)C1. The number of hydrogen-bond acceptors (Lipinski definition) is 10. The van der Waals surface area contributed by atoms with Gasteiger partial charge in [0, 0.05) is 54.6 Å². The van der Waals surface area contributed by atoms with E-state index in [0.717, 1.165) is 60.9 Å². The van der Waals surface area contributed by atoms with Gasteiger partial charge in [-0.25, -0.2) is 14.0 Å². The molecular formula is C54H70FN7O5Si. The maximum Gasteiger partial charge on any atom is 0.412 e. The number of anilines is 2. The van der Waals surface area contributed by atoms with E-state index < -0.39 is 31.2 Å². The van der Waals surface area contributed by atoms with Crippen molar-refractivity contribution in [1.29, 1.82) is 0 Å². The zero-order valence-electron chi connectivity index (χ0n) is 42.2.